The molecule has 1 aromatic carbocycles. The van der Waals surface area contributed by atoms with Gasteiger partial charge in [0.1, 0.15) is 5.82 Å². The van der Waals surface area contributed by atoms with E-state index in [4.69, 9.17) is 11.6 Å². The number of sulfonamides is 1. The number of halogens is 2. The summed E-state index contributed by atoms with van der Waals surface area (Å²) in [5.74, 6) is -0.0360. The van der Waals surface area contributed by atoms with Crippen molar-refractivity contribution in [3.8, 4) is 0 Å². The van der Waals surface area contributed by atoms with Crippen LogP contribution in [0.5, 0.6) is 0 Å². The molecule has 1 aromatic rings. The van der Waals surface area contributed by atoms with Gasteiger partial charge in [-0.2, -0.15) is 4.31 Å². The molecule has 2 rings (SSSR count). The molecule has 1 saturated carbocycles. The summed E-state index contributed by atoms with van der Waals surface area (Å²) in [6, 6.07) is 3.79. The second kappa shape index (κ2) is 5.77. The van der Waals surface area contributed by atoms with E-state index in [2.05, 4.69) is 0 Å². The van der Waals surface area contributed by atoms with Gasteiger partial charge in [0.05, 0.1) is 10.8 Å². The Morgan fingerprint density at radius 1 is 1.42 bits per heavy atom. The van der Waals surface area contributed by atoms with Gasteiger partial charge < -0.3 is 0 Å². The summed E-state index contributed by atoms with van der Waals surface area (Å²) in [6.45, 7) is 2.78. The van der Waals surface area contributed by atoms with Gasteiger partial charge in [-0.3, -0.25) is 0 Å². The number of rotatable bonds is 6. The molecular formula is C13H17ClFNO2S. The first-order chi connectivity index (χ1) is 8.98. The van der Waals surface area contributed by atoms with E-state index in [1.807, 2.05) is 6.92 Å². The van der Waals surface area contributed by atoms with Gasteiger partial charge in [-0.15, -0.1) is 11.6 Å². The van der Waals surface area contributed by atoms with Crippen LogP contribution in [-0.2, 0) is 15.9 Å². The highest BCUT2D eigenvalue weighted by Gasteiger charge is 2.30. The smallest absolute Gasteiger partial charge is 0.207 e. The molecule has 0 N–H and O–H groups in total. The maximum absolute atomic E-state index is 13.4. The summed E-state index contributed by atoms with van der Waals surface area (Å²) in [6.07, 6.45) is 2.17. The summed E-state index contributed by atoms with van der Waals surface area (Å²) < 4.78 is 39.8. The topological polar surface area (TPSA) is 37.4 Å². The van der Waals surface area contributed by atoms with Gasteiger partial charge in [0, 0.05) is 18.7 Å². The molecule has 1 aliphatic rings. The predicted octanol–water partition coefficient (Wildman–Crippen LogP) is 2.99. The largest absolute Gasteiger partial charge is 0.243 e. The monoisotopic (exact) mass is 305 g/mol. The molecule has 19 heavy (non-hydrogen) atoms. The van der Waals surface area contributed by atoms with Crippen LogP contribution in [0.3, 0.4) is 0 Å². The molecule has 0 spiro atoms. The van der Waals surface area contributed by atoms with Crippen molar-refractivity contribution >= 4 is 21.6 Å². The summed E-state index contributed by atoms with van der Waals surface area (Å²) in [5.41, 5.74) is 0.213. The summed E-state index contributed by atoms with van der Waals surface area (Å²) in [5, 5.41) is 0. The first-order valence-corrected chi connectivity index (χ1v) is 8.31. The highest BCUT2D eigenvalue weighted by atomic mass is 35.5. The second-order valence-corrected chi connectivity index (χ2v) is 6.99. The molecule has 1 aliphatic carbocycles. The van der Waals surface area contributed by atoms with E-state index in [1.165, 1.54) is 16.4 Å². The first-order valence-electron chi connectivity index (χ1n) is 6.33. The quantitative estimate of drug-likeness (QED) is 0.758. The minimum atomic E-state index is -3.55. The molecule has 0 amide bonds. The van der Waals surface area contributed by atoms with Crippen molar-refractivity contribution in [1.82, 2.24) is 4.31 Å². The fourth-order valence-electron chi connectivity index (χ4n) is 1.95. The minimum absolute atomic E-state index is 0.0378. The Morgan fingerprint density at radius 3 is 2.63 bits per heavy atom. The van der Waals surface area contributed by atoms with E-state index in [0.29, 0.717) is 19.0 Å². The van der Waals surface area contributed by atoms with Crippen LogP contribution in [0.2, 0.25) is 0 Å². The Bertz CT molecular complexity index is 558. The van der Waals surface area contributed by atoms with Crippen LogP contribution < -0.4 is 0 Å². The predicted molar refractivity (Wildman–Crippen MR) is 73.1 cm³/mol. The van der Waals surface area contributed by atoms with Gasteiger partial charge in [0.15, 0.2) is 0 Å². The number of benzene rings is 1. The van der Waals surface area contributed by atoms with E-state index >= 15 is 0 Å². The van der Waals surface area contributed by atoms with Crippen molar-refractivity contribution in [2.45, 2.75) is 30.5 Å². The maximum Gasteiger partial charge on any atom is 0.243 e. The average molecular weight is 306 g/mol. The number of hydrogen-bond donors (Lipinski definition) is 0. The van der Waals surface area contributed by atoms with E-state index in [0.717, 1.165) is 18.9 Å². The third-order valence-corrected chi connectivity index (χ3v) is 5.54. The lowest BCUT2D eigenvalue weighted by Crippen LogP contribution is -2.32. The number of nitrogens with zero attached hydrogens (tertiary/aromatic N) is 1. The fourth-order valence-corrected chi connectivity index (χ4v) is 3.73. The first kappa shape index (κ1) is 14.8. The van der Waals surface area contributed by atoms with Crippen LogP contribution >= 0.6 is 11.6 Å². The highest BCUT2D eigenvalue weighted by Crippen LogP contribution is 2.31. The van der Waals surface area contributed by atoms with E-state index in [9.17, 15) is 12.8 Å². The van der Waals surface area contributed by atoms with Gasteiger partial charge in [0.25, 0.3) is 0 Å². The third kappa shape index (κ3) is 3.27. The van der Waals surface area contributed by atoms with Crippen molar-refractivity contribution in [2.75, 3.05) is 13.1 Å². The summed E-state index contributed by atoms with van der Waals surface area (Å²) in [4.78, 5) is 0.118. The van der Waals surface area contributed by atoms with Gasteiger partial charge in [-0.1, -0.05) is 6.92 Å². The molecule has 0 bridgehead atoms. The molecule has 6 heteroatoms. The van der Waals surface area contributed by atoms with Gasteiger partial charge in [0.2, 0.25) is 10.0 Å². The average Bonchev–Trinajstić information content (AvgIpc) is 3.20. The molecule has 0 unspecified atom stereocenters. The van der Waals surface area contributed by atoms with Gasteiger partial charge in [-0.25, -0.2) is 12.8 Å². The molecule has 106 valence electrons. The Morgan fingerprint density at radius 2 is 2.11 bits per heavy atom. The molecule has 3 nitrogen and oxygen atoms in total. The molecule has 1 fully saturated rings. The van der Waals surface area contributed by atoms with Crippen LogP contribution in [0, 0.1) is 11.7 Å². The van der Waals surface area contributed by atoms with Crippen molar-refractivity contribution in [3.05, 3.63) is 29.6 Å². The summed E-state index contributed by atoms with van der Waals surface area (Å²) in [7, 11) is -3.55. The molecule has 0 atom stereocenters. The van der Waals surface area contributed by atoms with Gasteiger partial charge >= 0.3 is 0 Å². The van der Waals surface area contributed by atoms with Crippen molar-refractivity contribution in [1.29, 1.82) is 0 Å². The Labute approximate surface area is 118 Å². The molecule has 0 heterocycles. The highest BCUT2D eigenvalue weighted by molar-refractivity contribution is 7.89. The van der Waals surface area contributed by atoms with E-state index < -0.39 is 15.8 Å². The summed E-state index contributed by atoms with van der Waals surface area (Å²) >= 11 is 5.61. The zero-order chi connectivity index (χ0) is 14.0. The number of hydrogen-bond acceptors (Lipinski definition) is 2. The van der Waals surface area contributed by atoms with Crippen LogP contribution in [0.25, 0.3) is 0 Å². The standard InChI is InChI=1S/C13H17ClFNO2S/c1-2-16(9-10-3-4-10)19(17,18)12-5-6-13(15)11(7-12)8-14/h5-7,10H,2-4,8-9H2,1H3. The number of alkyl halides is 1. The normalized spacial score (nSPS) is 16.0. The lowest BCUT2D eigenvalue weighted by atomic mass is 10.2. The third-order valence-electron chi connectivity index (χ3n) is 3.31. The zero-order valence-electron chi connectivity index (χ0n) is 10.8. The van der Waals surface area contributed by atoms with Crippen LogP contribution in [0.4, 0.5) is 4.39 Å². The Hall–Kier alpha value is -0.650. The van der Waals surface area contributed by atoms with Crippen LogP contribution in [-0.4, -0.2) is 25.8 Å². The molecule has 0 saturated heterocycles. The zero-order valence-corrected chi connectivity index (χ0v) is 12.3. The lowest BCUT2D eigenvalue weighted by molar-refractivity contribution is 0.412. The molecule has 0 aromatic heterocycles. The van der Waals surface area contributed by atoms with E-state index in [1.54, 1.807) is 0 Å². The molecular weight excluding hydrogens is 289 g/mol. The van der Waals surface area contributed by atoms with Crippen LogP contribution in [0.15, 0.2) is 23.1 Å². The van der Waals surface area contributed by atoms with Crippen LogP contribution in [0.1, 0.15) is 25.3 Å². The minimum Gasteiger partial charge on any atom is -0.207 e. The second-order valence-electron chi connectivity index (χ2n) is 4.79. The molecule has 0 radical (unpaired) electrons. The Balaban J connectivity index is 2.31. The van der Waals surface area contributed by atoms with Crippen molar-refractivity contribution < 1.29 is 12.8 Å². The van der Waals surface area contributed by atoms with Crippen molar-refractivity contribution in [2.24, 2.45) is 5.92 Å². The Kier molecular flexibility index (Phi) is 4.48. The maximum atomic E-state index is 13.4. The lowest BCUT2D eigenvalue weighted by Gasteiger charge is -2.20. The van der Waals surface area contributed by atoms with Gasteiger partial charge in [-0.05, 0) is 37.0 Å². The fraction of sp³-hybridized carbons (Fsp3) is 0.538. The van der Waals surface area contributed by atoms with Crippen molar-refractivity contribution in [3.63, 3.8) is 0 Å². The van der Waals surface area contributed by atoms with E-state index in [-0.39, 0.29) is 16.3 Å². The SMILES string of the molecule is CCN(CC1CC1)S(=O)(=O)c1ccc(F)c(CCl)c1. The molecule has 0 aliphatic heterocycles.